The van der Waals surface area contributed by atoms with Crippen LogP contribution >= 0.6 is 11.8 Å². The molecule has 0 aliphatic carbocycles. The van der Waals surface area contributed by atoms with Crippen molar-refractivity contribution < 1.29 is 9.47 Å². The summed E-state index contributed by atoms with van der Waals surface area (Å²) in [5.74, 6) is 1.10. The van der Waals surface area contributed by atoms with Crippen LogP contribution in [0.15, 0.2) is 63.3 Å². The third-order valence-electron chi connectivity index (χ3n) is 5.24. The number of amidine groups is 1. The molecule has 1 fully saturated rings. The highest BCUT2D eigenvalue weighted by atomic mass is 32.2. The molecule has 2 aromatic carbocycles. The van der Waals surface area contributed by atoms with Crippen molar-refractivity contribution in [1.82, 2.24) is 9.80 Å². The molecule has 0 spiro atoms. The Balaban J connectivity index is 1.39. The van der Waals surface area contributed by atoms with Gasteiger partial charge in [-0.2, -0.15) is 0 Å². The number of ether oxygens (including phenoxy) is 2. The number of fused-ring (bicyclic) bond motifs is 2. The lowest BCUT2D eigenvalue weighted by Gasteiger charge is -2.36. The van der Waals surface area contributed by atoms with Gasteiger partial charge in [0, 0.05) is 54.7 Å². The van der Waals surface area contributed by atoms with Crippen LogP contribution in [0.4, 0.5) is 5.69 Å². The molecule has 0 radical (unpaired) electrons. The zero-order valence-corrected chi connectivity index (χ0v) is 17.9. The molecule has 154 valence electrons. The van der Waals surface area contributed by atoms with Crippen LogP contribution < -0.4 is 0 Å². The van der Waals surface area contributed by atoms with E-state index in [0.717, 1.165) is 57.5 Å². The van der Waals surface area contributed by atoms with E-state index in [9.17, 15) is 0 Å². The van der Waals surface area contributed by atoms with E-state index >= 15 is 0 Å². The highest BCUT2D eigenvalue weighted by Gasteiger charge is 2.24. The molecule has 4 rings (SSSR count). The van der Waals surface area contributed by atoms with Crippen LogP contribution in [0, 0.1) is 0 Å². The first kappa shape index (κ1) is 20.4. The Kier molecular flexibility index (Phi) is 7.22. The normalized spacial score (nSPS) is 16.7. The number of piperazine rings is 1. The van der Waals surface area contributed by atoms with Crippen LogP contribution in [-0.4, -0.2) is 74.8 Å². The molecule has 2 aliphatic rings. The zero-order chi connectivity index (χ0) is 19.9. The number of rotatable bonds is 7. The lowest BCUT2D eigenvalue weighted by molar-refractivity contribution is 0.0387. The zero-order valence-electron chi connectivity index (χ0n) is 17.0. The Morgan fingerprint density at radius 2 is 1.59 bits per heavy atom. The molecule has 6 heteroatoms. The Labute approximate surface area is 177 Å². The lowest BCUT2D eigenvalue weighted by Crippen LogP contribution is -2.49. The van der Waals surface area contributed by atoms with Crippen molar-refractivity contribution in [3.63, 3.8) is 0 Å². The molecule has 0 atom stereocenters. The van der Waals surface area contributed by atoms with Crippen LogP contribution in [0.25, 0.3) is 0 Å². The summed E-state index contributed by atoms with van der Waals surface area (Å²) in [5, 5.41) is 0. The second-order valence-corrected chi connectivity index (χ2v) is 8.22. The first-order chi connectivity index (χ1) is 14.3. The highest BCUT2D eigenvalue weighted by molar-refractivity contribution is 7.99. The van der Waals surface area contributed by atoms with E-state index in [1.807, 2.05) is 18.7 Å². The van der Waals surface area contributed by atoms with Crippen molar-refractivity contribution in [3.8, 4) is 0 Å². The van der Waals surface area contributed by atoms with Gasteiger partial charge in [-0.1, -0.05) is 42.1 Å². The maximum Gasteiger partial charge on any atom is 0.137 e. The predicted molar refractivity (Wildman–Crippen MR) is 119 cm³/mol. The van der Waals surface area contributed by atoms with E-state index in [-0.39, 0.29) is 0 Å². The maximum absolute atomic E-state index is 5.68. The minimum atomic E-state index is 0.679. The number of para-hydroxylation sites is 1. The molecule has 2 heterocycles. The van der Waals surface area contributed by atoms with Crippen molar-refractivity contribution in [1.29, 1.82) is 0 Å². The molecule has 0 saturated carbocycles. The van der Waals surface area contributed by atoms with Gasteiger partial charge in [0.05, 0.1) is 25.5 Å². The van der Waals surface area contributed by atoms with E-state index in [1.165, 1.54) is 15.4 Å². The third-order valence-corrected chi connectivity index (χ3v) is 6.38. The van der Waals surface area contributed by atoms with E-state index in [0.29, 0.717) is 13.2 Å². The van der Waals surface area contributed by atoms with Gasteiger partial charge in [0.2, 0.25) is 0 Å². The maximum atomic E-state index is 5.68. The molecular weight excluding hydrogens is 382 g/mol. The van der Waals surface area contributed by atoms with Crippen molar-refractivity contribution in [2.75, 3.05) is 59.2 Å². The summed E-state index contributed by atoms with van der Waals surface area (Å²) in [7, 11) is 0. The van der Waals surface area contributed by atoms with Crippen LogP contribution in [0.1, 0.15) is 12.5 Å². The number of aliphatic imine (C=N–C) groups is 1. The topological polar surface area (TPSA) is 37.3 Å². The number of hydrogen-bond donors (Lipinski definition) is 0. The fourth-order valence-corrected chi connectivity index (χ4v) is 4.67. The largest absolute Gasteiger partial charge is 0.379 e. The fraction of sp³-hybridized carbons (Fsp3) is 0.435. The van der Waals surface area contributed by atoms with Crippen molar-refractivity contribution in [2.45, 2.75) is 16.7 Å². The molecule has 2 aliphatic heterocycles. The van der Waals surface area contributed by atoms with Crippen molar-refractivity contribution in [2.24, 2.45) is 4.99 Å². The van der Waals surface area contributed by atoms with Crippen LogP contribution in [-0.2, 0) is 9.47 Å². The molecule has 0 amide bonds. The Hall–Kier alpha value is -1.86. The molecule has 5 nitrogen and oxygen atoms in total. The summed E-state index contributed by atoms with van der Waals surface area (Å²) in [4.78, 5) is 12.5. The van der Waals surface area contributed by atoms with Gasteiger partial charge in [-0.3, -0.25) is 4.90 Å². The molecule has 0 aromatic heterocycles. The van der Waals surface area contributed by atoms with E-state index < -0.39 is 0 Å². The summed E-state index contributed by atoms with van der Waals surface area (Å²) in [6.45, 7) is 9.90. The van der Waals surface area contributed by atoms with Crippen molar-refractivity contribution >= 4 is 23.3 Å². The summed E-state index contributed by atoms with van der Waals surface area (Å²) in [5.41, 5.74) is 2.30. The van der Waals surface area contributed by atoms with E-state index in [1.54, 1.807) is 0 Å². The van der Waals surface area contributed by atoms with E-state index in [4.69, 9.17) is 14.5 Å². The lowest BCUT2D eigenvalue weighted by atomic mass is 10.1. The van der Waals surface area contributed by atoms with Crippen LogP contribution in [0.2, 0.25) is 0 Å². The number of hydrogen-bond acceptors (Lipinski definition) is 6. The third kappa shape index (κ3) is 5.20. The predicted octanol–water partition coefficient (Wildman–Crippen LogP) is 3.90. The molecular formula is C23H29N3O2S. The smallest absolute Gasteiger partial charge is 0.137 e. The average molecular weight is 412 g/mol. The highest BCUT2D eigenvalue weighted by Crippen LogP contribution is 2.40. The Bertz CT molecular complexity index is 834. The first-order valence-corrected chi connectivity index (χ1v) is 11.2. The second kappa shape index (κ2) is 10.3. The van der Waals surface area contributed by atoms with Crippen LogP contribution in [0.5, 0.6) is 0 Å². The minimum Gasteiger partial charge on any atom is -0.379 e. The summed E-state index contributed by atoms with van der Waals surface area (Å²) in [6, 6.07) is 17.1. The van der Waals surface area contributed by atoms with Gasteiger partial charge in [-0.05, 0) is 25.1 Å². The van der Waals surface area contributed by atoms with Crippen LogP contribution in [0.3, 0.4) is 0 Å². The Morgan fingerprint density at radius 3 is 2.41 bits per heavy atom. The fourth-order valence-electron chi connectivity index (χ4n) is 3.65. The quantitative estimate of drug-likeness (QED) is 0.646. The standard InChI is InChI=1S/C23H29N3O2S/c1-2-27-17-18-28-16-15-25-11-13-26(14-12-25)23-19-7-3-5-9-21(19)29-22-10-6-4-8-20(22)24-23/h3-10H,2,11-18H2,1H3. The Morgan fingerprint density at radius 1 is 0.862 bits per heavy atom. The second-order valence-electron chi connectivity index (χ2n) is 7.14. The minimum absolute atomic E-state index is 0.679. The first-order valence-electron chi connectivity index (χ1n) is 10.4. The average Bonchev–Trinajstić information content (AvgIpc) is 2.93. The summed E-state index contributed by atoms with van der Waals surface area (Å²) >= 11 is 1.81. The summed E-state index contributed by atoms with van der Waals surface area (Å²) in [6.07, 6.45) is 0. The molecule has 1 saturated heterocycles. The van der Waals surface area contributed by atoms with Gasteiger partial charge in [0.15, 0.2) is 0 Å². The van der Waals surface area contributed by atoms with Crippen molar-refractivity contribution in [3.05, 3.63) is 54.1 Å². The molecule has 29 heavy (non-hydrogen) atoms. The van der Waals surface area contributed by atoms with Gasteiger partial charge in [-0.15, -0.1) is 0 Å². The number of benzene rings is 2. The SMILES string of the molecule is CCOCCOCCN1CCN(C2=Nc3ccccc3Sc3ccccc32)CC1. The van der Waals surface area contributed by atoms with Gasteiger partial charge < -0.3 is 14.4 Å². The molecule has 0 bridgehead atoms. The summed E-state index contributed by atoms with van der Waals surface area (Å²) < 4.78 is 11.0. The van der Waals surface area contributed by atoms with E-state index in [2.05, 4.69) is 58.3 Å². The molecule has 0 N–H and O–H groups in total. The van der Waals surface area contributed by atoms with Gasteiger partial charge >= 0.3 is 0 Å². The van der Waals surface area contributed by atoms with Gasteiger partial charge in [0.25, 0.3) is 0 Å². The monoisotopic (exact) mass is 411 g/mol. The molecule has 0 unspecified atom stereocenters. The number of nitrogens with zero attached hydrogens (tertiary/aromatic N) is 3. The van der Waals surface area contributed by atoms with Gasteiger partial charge in [-0.25, -0.2) is 4.99 Å². The molecule has 2 aromatic rings. The van der Waals surface area contributed by atoms with Gasteiger partial charge in [0.1, 0.15) is 5.84 Å².